The highest BCUT2D eigenvalue weighted by molar-refractivity contribution is 5.11. The number of likely N-dealkylation sites (tertiary alicyclic amines) is 1. The average Bonchev–Trinajstić information content (AvgIpc) is 2.81. The Labute approximate surface area is 108 Å². The molecule has 1 saturated heterocycles. The van der Waals surface area contributed by atoms with E-state index in [-0.39, 0.29) is 0 Å². The van der Waals surface area contributed by atoms with Crippen LogP contribution in [0, 0.1) is 12.3 Å². The standard InChI is InChI=1S/C13H23N5/c1-3-18-11(10(2)15-16-18)7-17-8-12(14)13(9-17)5-4-6-13/h12H,3-9,14H2,1-2H3. The first-order valence-corrected chi connectivity index (χ1v) is 7.01. The van der Waals surface area contributed by atoms with E-state index >= 15 is 0 Å². The first kappa shape index (κ1) is 12.1. The number of nitrogens with zero attached hydrogens (tertiary/aromatic N) is 4. The molecule has 1 aliphatic heterocycles. The van der Waals surface area contributed by atoms with Gasteiger partial charge in [-0.1, -0.05) is 11.6 Å². The van der Waals surface area contributed by atoms with E-state index in [2.05, 4.69) is 22.1 Å². The van der Waals surface area contributed by atoms with Crippen LogP contribution in [0.5, 0.6) is 0 Å². The topological polar surface area (TPSA) is 60.0 Å². The molecule has 1 unspecified atom stereocenters. The Bertz CT molecular complexity index is 435. The molecular formula is C13H23N5. The Morgan fingerprint density at radius 1 is 1.44 bits per heavy atom. The molecule has 5 nitrogen and oxygen atoms in total. The monoisotopic (exact) mass is 249 g/mol. The van der Waals surface area contributed by atoms with Gasteiger partial charge in [-0.15, -0.1) is 5.10 Å². The maximum atomic E-state index is 6.32. The van der Waals surface area contributed by atoms with E-state index in [0.29, 0.717) is 11.5 Å². The summed E-state index contributed by atoms with van der Waals surface area (Å²) in [5, 5.41) is 8.35. The summed E-state index contributed by atoms with van der Waals surface area (Å²) in [6.07, 6.45) is 3.99. The first-order chi connectivity index (χ1) is 8.64. The van der Waals surface area contributed by atoms with E-state index in [1.807, 2.05) is 11.6 Å². The van der Waals surface area contributed by atoms with Gasteiger partial charge in [0.25, 0.3) is 0 Å². The second-order valence-corrected chi connectivity index (χ2v) is 5.93. The third-order valence-electron chi connectivity index (χ3n) is 4.83. The Hall–Kier alpha value is -0.940. The van der Waals surface area contributed by atoms with Crippen LogP contribution in [0.25, 0.3) is 0 Å². The molecule has 1 aromatic rings. The predicted molar refractivity (Wildman–Crippen MR) is 70.0 cm³/mol. The molecule has 2 fully saturated rings. The quantitative estimate of drug-likeness (QED) is 0.865. The summed E-state index contributed by atoms with van der Waals surface area (Å²) in [5.74, 6) is 0. The zero-order chi connectivity index (χ0) is 12.8. The van der Waals surface area contributed by atoms with Crippen molar-refractivity contribution in [2.45, 2.75) is 52.2 Å². The van der Waals surface area contributed by atoms with Gasteiger partial charge in [0, 0.05) is 32.2 Å². The predicted octanol–water partition coefficient (Wildman–Crippen LogP) is 0.920. The van der Waals surface area contributed by atoms with Gasteiger partial charge in [-0.2, -0.15) is 0 Å². The van der Waals surface area contributed by atoms with Crippen LogP contribution in [0.2, 0.25) is 0 Å². The molecule has 1 aliphatic carbocycles. The van der Waals surface area contributed by atoms with Crippen molar-refractivity contribution in [1.29, 1.82) is 0 Å². The number of rotatable bonds is 3. The number of nitrogens with two attached hydrogens (primary N) is 1. The zero-order valence-electron chi connectivity index (χ0n) is 11.4. The van der Waals surface area contributed by atoms with Gasteiger partial charge in [-0.3, -0.25) is 4.90 Å². The van der Waals surface area contributed by atoms with Crippen LogP contribution in [0.3, 0.4) is 0 Å². The van der Waals surface area contributed by atoms with Crippen molar-refractivity contribution in [2.75, 3.05) is 13.1 Å². The lowest BCUT2D eigenvalue weighted by molar-refractivity contribution is 0.121. The van der Waals surface area contributed by atoms with Gasteiger partial charge in [0.2, 0.25) is 0 Å². The zero-order valence-corrected chi connectivity index (χ0v) is 11.4. The second kappa shape index (κ2) is 4.31. The van der Waals surface area contributed by atoms with Gasteiger partial charge in [-0.05, 0) is 32.1 Å². The highest BCUT2D eigenvalue weighted by Gasteiger charge is 2.48. The first-order valence-electron chi connectivity index (χ1n) is 7.01. The third kappa shape index (κ3) is 1.77. The normalized spacial score (nSPS) is 26.7. The van der Waals surface area contributed by atoms with Crippen LogP contribution in [0.15, 0.2) is 0 Å². The van der Waals surface area contributed by atoms with Crippen molar-refractivity contribution in [1.82, 2.24) is 19.9 Å². The fourth-order valence-electron chi connectivity index (χ4n) is 3.46. The summed E-state index contributed by atoms with van der Waals surface area (Å²) >= 11 is 0. The summed E-state index contributed by atoms with van der Waals surface area (Å²) in [4.78, 5) is 2.49. The third-order valence-corrected chi connectivity index (χ3v) is 4.83. The molecule has 2 N–H and O–H groups in total. The molecule has 0 aromatic carbocycles. The molecule has 2 aliphatic rings. The van der Waals surface area contributed by atoms with Crippen molar-refractivity contribution in [3.63, 3.8) is 0 Å². The van der Waals surface area contributed by atoms with E-state index < -0.39 is 0 Å². The molecule has 2 heterocycles. The van der Waals surface area contributed by atoms with E-state index in [9.17, 15) is 0 Å². The summed E-state index contributed by atoms with van der Waals surface area (Å²) in [6, 6.07) is 0.359. The van der Waals surface area contributed by atoms with Crippen LogP contribution < -0.4 is 5.73 Å². The summed E-state index contributed by atoms with van der Waals surface area (Å²) in [7, 11) is 0. The lowest BCUT2D eigenvalue weighted by atomic mass is 9.66. The van der Waals surface area contributed by atoms with Crippen LogP contribution in [-0.2, 0) is 13.1 Å². The molecule has 100 valence electrons. The number of aromatic nitrogens is 3. The van der Waals surface area contributed by atoms with Crippen molar-refractivity contribution >= 4 is 0 Å². The number of hydrogen-bond donors (Lipinski definition) is 1. The maximum absolute atomic E-state index is 6.32. The average molecular weight is 249 g/mol. The lowest BCUT2D eigenvalue weighted by Crippen LogP contribution is -2.45. The van der Waals surface area contributed by atoms with Crippen molar-refractivity contribution in [2.24, 2.45) is 11.1 Å². The molecule has 1 atom stereocenters. The highest BCUT2D eigenvalue weighted by Crippen LogP contribution is 2.47. The Balaban J connectivity index is 1.72. The van der Waals surface area contributed by atoms with E-state index in [0.717, 1.165) is 31.9 Å². The summed E-state index contributed by atoms with van der Waals surface area (Å²) in [6.45, 7) is 8.17. The van der Waals surface area contributed by atoms with Crippen molar-refractivity contribution in [3.05, 3.63) is 11.4 Å². The van der Waals surface area contributed by atoms with E-state index in [1.54, 1.807) is 0 Å². The molecule has 0 bridgehead atoms. The van der Waals surface area contributed by atoms with Gasteiger partial charge in [0.1, 0.15) is 0 Å². The fourth-order valence-corrected chi connectivity index (χ4v) is 3.46. The summed E-state index contributed by atoms with van der Waals surface area (Å²) in [5.41, 5.74) is 9.06. The number of hydrogen-bond acceptors (Lipinski definition) is 4. The fraction of sp³-hybridized carbons (Fsp3) is 0.846. The van der Waals surface area contributed by atoms with Gasteiger partial charge in [0.05, 0.1) is 11.4 Å². The molecule has 0 radical (unpaired) electrons. The Kier molecular flexibility index (Phi) is 2.90. The maximum Gasteiger partial charge on any atom is 0.0841 e. The van der Waals surface area contributed by atoms with E-state index in [4.69, 9.17) is 5.73 Å². The minimum atomic E-state index is 0.359. The lowest BCUT2D eigenvalue weighted by Gasteiger charge is -2.41. The molecule has 5 heteroatoms. The van der Waals surface area contributed by atoms with Gasteiger partial charge >= 0.3 is 0 Å². The van der Waals surface area contributed by atoms with Crippen LogP contribution in [0.4, 0.5) is 0 Å². The van der Waals surface area contributed by atoms with Gasteiger partial charge < -0.3 is 5.73 Å². The van der Waals surface area contributed by atoms with Crippen molar-refractivity contribution < 1.29 is 0 Å². The second-order valence-electron chi connectivity index (χ2n) is 5.93. The summed E-state index contributed by atoms with van der Waals surface area (Å²) < 4.78 is 2.01. The van der Waals surface area contributed by atoms with E-state index in [1.165, 1.54) is 25.0 Å². The number of aryl methyl sites for hydroxylation is 2. The molecule has 1 aromatic heterocycles. The van der Waals surface area contributed by atoms with Crippen molar-refractivity contribution in [3.8, 4) is 0 Å². The minimum Gasteiger partial charge on any atom is -0.326 e. The molecule has 0 amide bonds. The smallest absolute Gasteiger partial charge is 0.0841 e. The van der Waals surface area contributed by atoms with Crippen LogP contribution in [-0.4, -0.2) is 39.0 Å². The molecular weight excluding hydrogens is 226 g/mol. The van der Waals surface area contributed by atoms with Crippen LogP contribution in [0.1, 0.15) is 37.6 Å². The molecule has 18 heavy (non-hydrogen) atoms. The minimum absolute atomic E-state index is 0.359. The largest absolute Gasteiger partial charge is 0.326 e. The highest BCUT2D eigenvalue weighted by atomic mass is 15.4. The SMILES string of the molecule is CCn1nnc(C)c1CN1CC(N)C2(CCC2)C1. The Morgan fingerprint density at radius 2 is 2.22 bits per heavy atom. The Morgan fingerprint density at radius 3 is 2.78 bits per heavy atom. The van der Waals surface area contributed by atoms with Crippen LogP contribution >= 0.6 is 0 Å². The molecule has 1 saturated carbocycles. The molecule has 3 rings (SSSR count). The van der Waals surface area contributed by atoms with Gasteiger partial charge in [0.15, 0.2) is 0 Å². The van der Waals surface area contributed by atoms with Gasteiger partial charge in [-0.25, -0.2) is 4.68 Å². The molecule has 1 spiro atoms.